The van der Waals surface area contributed by atoms with Gasteiger partial charge in [-0.25, -0.2) is 0 Å². The molecule has 1 aromatic rings. The van der Waals surface area contributed by atoms with Gasteiger partial charge in [0.25, 0.3) is 0 Å². The molecule has 0 unspecified atom stereocenters. The standard InChI is InChI=1S/C15H24N4O2/c1-3-19-11-15(5-4-14(19)20)6-8-18(9-7-15)10-13-17-16-12(2)21-13/h3-11H2,1-2H3. The maximum atomic E-state index is 11.8. The van der Waals surface area contributed by atoms with Crippen molar-refractivity contribution in [1.82, 2.24) is 20.0 Å². The zero-order valence-electron chi connectivity index (χ0n) is 13.0. The first kappa shape index (κ1) is 14.5. The summed E-state index contributed by atoms with van der Waals surface area (Å²) < 4.78 is 5.45. The number of amides is 1. The predicted molar refractivity (Wildman–Crippen MR) is 77.5 cm³/mol. The molecule has 3 heterocycles. The second-order valence-electron chi connectivity index (χ2n) is 6.40. The molecular formula is C15H24N4O2. The van der Waals surface area contributed by atoms with Crippen LogP contribution in [0.3, 0.4) is 0 Å². The summed E-state index contributed by atoms with van der Waals surface area (Å²) in [5, 5.41) is 7.95. The highest BCUT2D eigenvalue weighted by molar-refractivity contribution is 5.77. The number of hydrogen-bond acceptors (Lipinski definition) is 5. The SMILES string of the molecule is CCN1CC2(CCC1=O)CCN(Cc1nnc(C)o1)CC2. The van der Waals surface area contributed by atoms with E-state index in [1.54, 1.807) is 0 Å². The number of nitrogens with zero attached hydrogens (tertiary/aromatic N) is 4. The van der Waals surface area contributed by atoms with Crippen molar-refractivity contribution in [1.29, 1.82) is 0 Å². The molecule has 2 aliphatic heterocycles. The van der Waals surface area contributed by atoms with Crippen LogP contribution in [-0.4, -0.2) is 52.1 Å². The minimum atomic E-state index is 0.326. The molecule has 0 radical (unpaired) electrons. The molecule has 21 heavy (non-hydrogen) atoms. The normalized spacial score (nSPS) is 23.0. The Hall–Kier alpha value is -1.43. The Morgan fingerprint density at radius 1 is 1.24 bits per heavy atom. The van der Waals surface area contributed by atoms with Crippen LogP contribution in [0.25, 0.3) is 0 Å². The number of carbonyl (C=O) groups is 1. The fourth-order valence-electron chi connectivity index (χ4n) is 3.58. The number of carbonyl (C=O) groups excluding carboxylic acids is 1. The third-order valence-corrected chi connectivity index (χ3v) is 4.97. The number of aromatic nitrogens is 2. The lowest BCUT2D eigenvalue weighted by Crippen LogP contribution is -2.51. The lowest BCUT2D eigenvalue weighted by molar-refractivity contribution is -0.138. The number of piperidine rings is 2. The number of rotatable bonds is 3. The quantitative estimate of drug-likeness (QED) is 0.847. The van der Waals surface area contributed by atoms with Gasteiger partial charge in [-0.15, -0.1) is 10.2 Å². The van der Waals surface area contributed by atoms with E-state index in [1.807, 2.05) is 11.8 Å². The van der Waals surface area contributed by atoms with Gasteiger partial charge in [0.2, 0.25) is 17.7 Å². The van der Waals surface area contributed by atoms with Crippen molar-refractivity contribution in [2.24, 2.45) is 5.41 Å². The molecule has 6 heteroatoms. The summed E-state index contributed by atoms with van der Waals surface area (Å²) >= 11 is 0. The Morgan fingerprint density at radius 3 is 2.62 bits per heavy atom. The van der Waals surface area contributed by atoms with Gasteiger partial charge in [0.15, 0.2) is 0 Å². The molecular weight excluding hydrogens is 268 g/mol. The molecule has 0 aliphatic carbocycles. The van der Waals surface area contributed by atoms with E-state index in [9.17, 15) is 4.79 Å². The maximum absolute atomic E-state index is 11.8. The third-order valence-electron chi connectivity index (χ3n) is 4.97. The number of aryl methyl sites for hydroxylation is 1. The van der Waals surface area contributed by atoms with Crippen LogP contribution >= 0.6 is 0 Å². The molecule has 0 N–H and O–H groups in total. The summed E-state index contributed by atoms with van der Waals surface area (Å²) in [4.78, 5) is 16.3. The van der Waals surface area contributed by atoms with Gasteiger partial charge in [-0.3, -0.25) is 9.69 Å². The van der Waals surface area contributed by atoms with Gasteiger partial charge in [-0.05, 0) is 44.7 Å². The summed E-state index contributed by atoms with van der Waals surface area (Å²) in [7, 11) is 0. The van der Waals surface area contributed by atoms with Crippen LogP contribution < -0.4 is 0 Å². The molecule has 0 bridgehead atoms. The fraction of sp³-hybridized carbons (Fsp3) is 0.800. The van der Waals surface area contributed by atoms with Crippen molar-refractivity contribution in [3.05, 3.63) is 11.8 Å². The van der Waals surface area contributed by atoms with Crippen molar-refractivity contribution in [2.75, 3.05) is 26.2 Å². The van der Waals surface area contributed by atoms with Gasteiger partial charge in [-0.2, -0.15) is 0 Å². The summed E-state index contributed by atoms with van der Waals surface area (Å²) in [5.74, 6) is 1.66. The molecule has 0 saturated carbocycles. The Balaban J connectivity index is 1.56. The highest BCUT2D eigenvalue weighted by atomic mass is 16.4. The molecule has 2 fully saturated rings. The molecule has 3 rings (SSSR count). The smallest absolute Gasteiger partial charge is 0.230 e. The van der Waals surface area contributed by atoms with E-state index in [2.05, 4.69) is 22.0 Å². The summed E-state index contributed by atoms with van der Waals surface area (Å²) in [6.07, 6.45) is 4.08. The highest BCUT2D eigenvalue weighted by Crippen LogP contribution is 2.40. The van der Waals surface area contributed by atoms with Crippen molar-refractivity contribution >= 4 is 5.91 Å². The van der Waals surface area contributed by atoms with Crippen LogP contribution in [0, 0.1) is 12.3 Å². The van der Waals surface area contributed by atoms with E-state index in [0.29, 0.717) is 23.1 Å². The van der Waals surface area contributed by atoms with E-state index in [1.165, 1.54) is 0 Å². The first-order chi connectivity index (χ1) is 10.1. The van der Waals surface area contributed by atoms with E-state index in [-0.39, 0.29) is 0 Å². The topological polar surface area (TPSA) is 62.5 Å². The molecule has 1 amide bonds. The first-order valence-electron chi connectivity index (χ1n) is 7.89. The molecule has 0 aromatic carbocycles. The monoisotopic (exact) mass is 292 g/mol. The summed E-state index contributed by atoms with van der Waals surface area (Å²) in [6.45, 7) is 8.51. The number of hydrogen-bond donors (Lipinski definition) is 0. The van der Waals surface area contributed by atoms with Crippen LogP contribution in [0.15, 0.2) is 4.42 Å². The average Bonchev–Trinajstić information content (AvgIpc) is 2.90. The lowest BCUT2D eigenvalue weighted by Gasteiger charge is -2.47. The fourth-order valence-corrected chi connectivity index (χ4v) is 3.58. The predicted octanol–water partition coefficient (Wildman–Crippen LogP) is 1.60. The molecule has 2 saturated heterocycles. The van der Waals surface area contributed by atoms with Crippen LogP contribution in [0.2, 0.25) is 0 Å². The van der Waals surface area contributed by atoms with E-state index >= 15 is 0 Å². The average molecular weight is 292 g/mol. The van der Waals surface area contributed by atoms with Gasteiger partial charge in [-0.1, -0.05) is 0 Å². The van der Waals surface area contributed by atoms with Crippen molar-refractivity contribution in [3.8, 4) is 0 Å². The van der Waals surface area contributed by atoms with E-state index in [4.69, 9.17) is 4.42 Å². The van der Waals surface area contributed by atoms with Crippen molar-refractivity contribution in [3.63, 3.8) is 0 Å². The molecule has 116 valence electrons. The summed E-state index contributed by atoms with van der Waals surface area (Å²) in [5.41, 5.74) is 0.338. The molecule has 0 atom stereocenters. The number of likely N-dealkylation sites (tertiary alicyclic amines) is 2. The minimum absolute atomic E-state index is 0.326. The van der Waals surface area contributed by atoms with Gasteiger partial charge in [0, 0.05) is 26.4 Å². The Morgan fingerprint density at radius 2 is 2.00 bits per heavy atom. The zero-order chi connectivity index (χ0) is 14.9. The highest BCUT2D eigenvalue weighted by Gasteiger charge is 2.40. The van der Waals surface area contributed by atoms with Gasteiger partial charge in [0.1, 0.15) is 0 Å². The first-order valence-corrected chi connectivity index (χ1v) is 7.89. The van der Waals surface area contributed by atoms with Crippen LogP contribution in [0.4, 0.5) is 0 Å². The van der Waals surface area contributed by atoms with Crippen LogP contribution in [-0.2, 0) is 11.3 Å². The maximum Gasteiger partial charge on any atom is 0.230 e. The van der Waals surface area contributed by atoms with Crippen LogP contribution in [0.1, 0.15) is 44.4 Å². The molecule has 1 aromatic heterocycles. The van der Waals surface area contributed by atoms with E-state index < -0.39 is 0 Å². The Kier molecular flexibility index (Phi) is 3.97. The van der Waals surface area contributed by atoms with Crippen molar-refractivity contribution < 1.29 is 9.21 Å². The van der Waals surface area contributed by atoms with Crippen molar-refractivity contribution in [2.45, 2.75) is 46.1 Å². The van der Waals surface area contributed by atoms with E-state index in [0.717, 1.165) is 58.4 Å². The largest absolute Gasteiger partial charge is 0.424 e. The molecule has 2 aliphatic rings. The summed E-state index contributed by atoms with van der Waals surface area (Å²) in [6, 6.07) is 0. The lowest BCUT2D eigenvalue weighted by atomic mass is 9.72. The van der Waals surface area contributed by atoms with Gasteiger partial charge < -0.3 is 9.32 Å². The second kappa shape index (κ2) is 5.75. The molecule has 1 spiro atoms. The second-order valence-corrected chi connectivity index (χ2v) is 6.40. The third kappa shape index (κ3) is 3.10. The van der Waals surface area contributed by atoms with Gasteiger partial charge >= 0.3 is 0 Å². The van der Waals surface area contributed by atoms with Crippen LogP contribution in [0.5, 0.6) is 0 Å². The molecule has 6 nitrogen and oxygen atoms in total. The minimum Gasteiger partial charge on any atom is -0.424 e. The Bertz CT molecular complexity index is 506. The van der Waals surface area contributed by atoms with Gasteiger partial charge in [0.05, 0.1) is 6.54 Å². The Labute approximate surface area is 125 Å². The zero-order valence-corrected chi connectivity index (χ0v) is 13.0.